The van der Waals surface area contributed by atoms with Crippen LogP contribution in [0.3, 0.4) is 0 Å². The van der Waals surface area contributed by atoms with E-state index in [2.05, 4.69) is 10.6 Å². The van der Waals surface area contributed by atoms with Gasteiger partial charge in [0.1, 0.15) is 0 Å². The molecule has 0 aromatic carbocycles. The molecule has 1 fully saturated rings. The number of piperidine rings is 1. The molecule has 3 N–H and O–H groups in total. The van der Waals surface area contributed by atoms with E-state index in [0.29, 0.717) is 32.4 Å². The van der Waals surface area contributed by atoms with Gasteiger partial charge >= 0.3 is 0 Å². The number of nitrogens with one attached hydrogen (secondary N) is 2. The van der Waals surface area contributed by atoms with Crippen LogP contribution in [0.25, 0.3) is 0 Å². The van der Waals surface area contributed by atoms with Crippen molar-refractivity contribution in [3.63, 3.8) is 0 Å². The third-order valence-electron chi connectivity index (χ3n) is 2.77. The Labute approximate surface area is 101 Å². The SMILES string of the molecule is COCC(O)CCNC(=O)C1CCC(=O)NC1. The molecule has 6 nitrogen and oxygen atoms in total. The number of carbonyl (C=O) groups excluding carboxylic acids is 2. The highest BCUT2D eigenvalue weighted by Crippen LogP contribution is 2.10. The van der Waals surface area contributed by atoms with Crippen molar-refractivity contribution in [3.8, 4) is 0 Å². The molecule has 0 aromatic rings. The molecule has 0 saturated carbocycles. The molecule has 0 radical (unpaired) electrons. The van der Waals surface area contributed by atoms with Gasteiger partial charge in [-0.05, 0) is 12.8 Å². The molecule has 2 unspecified atom stereocenters. The van der Waals surface area contributed by atoms with E-state index in [-0.39, 0.29) is 24.3 Å². The predicted octanol–water partition coefficient (Wildman–Crippen LogP) is -0.974. The molecule has 0 aliphatic carbocycles. The first kappa shape index (κ1) is 13.9. The van der Waals surface area contributed by atoms with Gasteiger partial charge in [-0.3, -0.25) is 9.59 Å². The molecular formula is C11H20N2O4. The summed E-state index contributed by atoms with van der Waals surface area (Å²) in [6.45, 7) is 1.11. The monoisotopic (exact) mass is 244 g/mol. The molecule has 1 aliphatic rings. The highest BCUT2D eigenvalue weighted by atomic mass is 16.5. The van der Waals surface area contributed by atoms with Gasteiger partial charge in [0, 0.05) is 26.6 Å². The van der Waals surface area contributed by atoms with Crippen LogP contribution in [0.1, 0.15) is 19.3 Å². The van der Waals surface area contributed by atoms with Crippen LogP contribution in [-0.2, 0) is 14.3 Å². The van der Waals surface area contributed by atoms with Crippen LogP contribution in [0.5, 0.6) is 0 Å². The fourth-order valence-electron chi connectivity index (χ4n) is 1.74. The van der Waals surface area contributed by atoms with Gasteiger partial charge in [-0.1, -0.05) is 0 Å². The normalized spacial score (nSPS) is 21.8. The molecule has 1 aliphatic heterocycles. The molecule has 1 heterocycles. The average molecular weight is 244 g/mol. The Morgan fingerprint density at radius 2 is 2.47 bits per heavy atom. The zero-order valence-corrected chi connectivity index (χ0v) is 10.1. The third kappa shape index (κ3) is 5.14. The molecular weight excluding hydrogens is 224 g/mol. The van der Waals surface area contributed by atoms with Crippen molar-refractivity contribution >= 4 is 11.8 Å². The van der Waals surface area contributed by atoms with Gasteiger partial charge < -0.3 is 20.5 Å². The molecule has 0 bridgehead atoms. The van der Waals surface area contributed by atoms with E-state index in [1.807, 2.05) is 0 Å². The number of aliphatic hydroxyl groups excluding tert-OH is 1. The minimum atomic E-state index is -0.550. The van der Waals surface area contributed by atoms with Crippen molar-refractivity contribution in [1.29, 1.82) is 0 Å². The molecule has 0 spiro atoms. The van der Waals surface area contributed by atoms with E-state index in [0.717, 1.165) is 0 Å². The van der Waals surface area contributed by atoms with E-state index in [1.54, 1.807) is 0 Å². The number of hydrogen-bond acceptors (Lipinski definition) is 4. The van der Waals surface area contributed by atoms with Crippen LogP contribution in [0.4, 0.5) is 0 Å². The molecule has 2 amide bonds. The smallest absolute Gasteiger partial charge is 0.224 e. The van der Waals surface area contributed by atoms with Crippen molar-refractivity contribution in [1.82, 2.24) is 10.6 Å². The van der Waals surface area contributed by atoms with E-state index >= 15 is 0 Å². The van der Waals surface area contributed by atoms with Gasteiger partial charge in [-0.15, -0.1) is 0 Å². The maximum atomic E-state index is 11.7. The first-order valence-corrected chi connectivity index (χ1v) is 5.85. The highest BCUT2D eigenvalue weighted by Gasteiger charge is 2.23. The van der Waals surface area contributed by atoms with Crippen LogP contribution in [-0.4, -0.2) is 49.8 Å². The van der Waals surface area contributed by atoms with Gasteiger partial charge in [-0.2, -0.15) is 0 Å². The number of aliphatic hydroxyl groups is 1. The van der Waals surface area contributed by atoms with Crippen LogP contribution >= 0.6 is 0 Å². The van der Waals surface area contributed by atoms with Crippen LogP contribution in [0, 0.1) is 5.92 Å². The Morgan fingerprint density at radius 3 is 3.06 bits per heavy atom. The zero-order valence-electron chi connectivity index (χ0n) is 10.1. The summed E-state index contributed by atoms with van der Waals surface area (Å²) in [5.41, 5.74) is 0. The maximum absolute atomic E-state index is 11.7. The predicted molar refractivity (Wildman–Crippen MR) is 61.2 cm³/mol. The first-order valence-electron chi connectivity index (χ1n) is 5.85. The summed E-state index contributed by atoms with van der Waals surface area (Å²) < 4.78 is 4.78. The largest absolute Gasteiger partial charge is 0.391 e. The van der Waals surface area contributed by atoms with Crippen molar-refractivity contribution in [3.05, 3.63) is 0 Å². The Balaban J connectivity index is 2.14. The summed E-state index contributed by atoms with van der Waals surface area (Å²) in [6, 6.07) is 0. The Bertz CT molecular complexity index is 260. The Hall–Kier alpha value is -1.14. The minimum Gasteiger partial charge on any atom is -0.391 e. The van der Waals surface area contributed by atoms with Gasteiger partial charge in [0.25, 0.3) is 0 Å². The van der Waals surface area contributed by atoms with Gasteiger partial charge in [0.2, 0.25) is 11.8 Å². The van der Waals surface area contributed by atoms with Crippen molar-refractivity contribution < 1.29 is 19.4 Å². The number of rotatable bonds is 6. The maximum Gasteiger partial charge on any atom is 0.224 e. The Kier molecular flexibility index (Phi) is 5.93. The highest BCUT2D eigenvalue weighted by molar-refractivity contribution is 5.83. The summed E-state index contributed by atoms with van der Waals surface area (Å²) in [5, 5.41) is 14.8. The van der Waals surface area contributed by atoms with Gasteiger partial charge in [0.15, 0.2) is 0 Å². The number of ether oxygens (including phenoxy) is 1. The summed E-state index contributed by atoms with van der Waals surface area (Å²) in [7, 11) is 1.52. The zero-order chi connectivity index (χ0) is 12.7. The number of amides is 2. The summed E-state index contributed by atoms with van der Waals surface area (Å²) in [5.74, 6) is -0.202. The number of methoxy groups -OCH3 is 1. The van der Waals surface area contributed by atoms with E-state index < -0.39 is 6.10 Å². The molecule has 1 saturated heterocycles. The lowest BCUT2D eigenvalue weighted by molar-refractivity contribution is -0.129. The van der Waals surface area contributed by atoms with Crippen LogP contribution < -0.4 is 10.6 Å². The average Bonchev–Trinajstić information content (AvgIpc) is 2.30. The molecule has 17 heavy (non-hydrogen) atoms. The molecule has 2 atom stereocenters. The minimum absolute atomic E-state index is 0.00423. The quantitative estimate of drug-likeness (QED) is 0.561. The standard InChI is InChI=1S/C11H20N2O4/c1-17-7-9(14)4-5-12-11(16)8-2-3-10(15)13-6-8/h8-9,14H,2-7H2,1H3,(H,12,16)(H,13,15). The lowest BCUT2D eigenvalue weighted by Crippen LogP contribution is -2.43. The third-order valence-corrected chi connectivity index (χ3v) is 2.77. The number of hydrogen-bond donors (Lipinski definition) is 3. The van der Waals surface area contributed by atoms with Gasteiger partial charge in [0.05, 0.1) is 18.6 Å². The molecule has 98 valence electrons. The van der Waals surface area contributed by atoms with Crippen LogP contribution in [0.2, 0.25) is 0 Å². The van der Waals surface area contributed by atoms with E-state index in [9.17, 15) is 14.7 Å². The van der Waals surface area contributed by atoms with Crippen molar-refractivity contribution in [2.24, 2.45) is 5.92 Å². The van der Waals surface area contributed by atoms with Crippen molar-refractivity contribution in [2.45, 2.75) is 25.4 Å². The summed E-state index contributed by atoms with van der Waals surface area (Å²) in [6.07, 6.45) is 0.924. The molecule has 6 heteroatoms. The topological polar surface area (TPSA) is 87.7 Å². The Morgan fingerprint density at radius 1 is 1.71 bits per heavy atom. The van der Waals surface area contributed by atoms with Crippen LogP contribution in [0.15, 0.2) is 0 Å². The second-order valence-corrected chi connectivity index (χ2v) is 4.23. The van der Waals surface area contributed by atoms with E-state index in [4.69, 9.17) is 4.74 Å². The molecule has 1 rings (SSSR count). The van der Waals surface area contributed by atoms with Gasteiger partial charge in [-0.25, -0.2) is 0 Å². The lowest BCUT2D eigenvalue weighted by atomic mass is 9.98. The van der Waals surface area contributed by atoms with E-state index in [1.165, 1.54) is 7.11 Å². The summed E-state index contributed by atoms with van der Waals surface area (Å²) >= 11 is 0. The fraction of sp³-hybridized carbons (Fsp3) is 0.818. The second kappa shape index (κ2) is 7.24. The fourth-order valence-corrected chi connectivity index (χ4v) is 1.74. The first-order chi connectivity index (χ1) is 8.13. The summed E-state index contributed by atoms with van der Waals surface area (Å²) in [4.78, 5) is 22.6. The van der Waals surface area contributed by atoms with Crippen molar-refractivity contribution in [2.75, 3.05) is 26.8 Å². The lowest BCUT2D eigenvalue weighted by Gasteiger charge is -2.21. The molecule has 0 aromatic heterocycles. The second-order valence-electron chi connectivity index (χ2n) is 4.23. The number of carbonyl (C=O) groups is 2.